The van der Waals surface area contributed by atoms with Crippen molar-refractivity contribution >= 4 is 22.1 Å². The first-order valence-corrected chi connectivity index (χ1v) is 6.99. The Bertz CT molecular complexity index is 587. The highest BCUT2D eigenvalue weighted by molar-refractivity contribution is 7.85. The normalized spacial score (nSPS) is 11.1. The van der Waals surface area contributed by atoms with Crippen molar-refractivity contribution < 1.29 is 37.5 Å². The predicted octanol–water partition coefficient (Wildman–Crippen LogP) is 0.740. The van der Waals surface area contributed by atoms with Crippen LogP contribution < -0.4 is 4.74 Å². The molecule has 0 unspecified atom stereocenters. The van der Waals surface area contributed by atoms with Gasteiger partial charge >= 0.3 is 11.9 Å². The van der Waals surface area contributed by atoms with Gasteiger partial charge in [-0.3, -0.25) is 4.55 Å². The molecule has 0 aliphatic rings. The van der Waals surface area contributed by atoms with Crippen molar-refractivity contribution in [3.05, 3.63) is 29.3 Å². The number of hydrogen-bond donors (Lipinski definition) is 3. The zero-order valence-electron chi connectivity index (χ0n) is 10.1. The van der Waals surface area contributed by atoms with Crippen LogP contribution in [-0.2, 0) is 10.1 Å². The summed E-state index contributed by atoms with van der Waals surface area (Å²) >= 11 is 0. The number of carboxylic acids is 2. The van der Waals surface area contributed by atoms with Crippen LogP contribution in [0.15, 0.2) is 18.2 Å². The molecule has 0 saturated heterocycles. The van der Waals surface area contributed by atoms with Crippen molar-refractivity contribution in [2.24, 2.45) is 0 Å². The Morgan fingerprint density at radius 2 is 1.55 bits per heavy atom. The van der Waals surface area contributed by atoms with Crippen molar-refractivity contribution in [3.63, 3.8) is 0 Å². The molecular weight excluding hydrogens is 292 g/mol. The zero-order chi connectivity index (χ0) is 15.3. The minimum absolute atomic E-state index is 0.00219. The van der Waals surface area contributed by atoms with Crippen molar-refractivity contribution in [3.8, 4) is 5.75 Å². The highest BCUT2D eigenvalue weighted by Gasteiger charge is 2.12. The quantitative estimate of drug-likeness (QED) is 0.495. The SMILES string of the molecule is O=C(O)c1cc(OCCCS(=O)(=O)O)cc(C(=O)O)c1. The van der Waals surface area contributed by atoms with Gasteiger partial charge in [-0.1, -0.05) is 0 Å². The average Bonchev–Trinajstić information content (AvgIpc) is 2.33. The molecular formula is C11H12O8S. The number of ether oxygens (including phenoxy) is 1. The number of benzene rings is 1. The number of hydrogen-bond acceptors (Lipinski definition) is 5. The van der Waals surface area contributed by atoms with Gasteiger partial charge in [-0.2, -0.15) is 8.42 Å². The van der Waals surface area contributed by atoms with Gasteiger partial charge in [-0.05, 0) is 24.6 Å². The molecule has 0 heterocycles. The first-order valence-electron chi connectivity index (χ1n) is 5.38. The fourth-order valence-corrected chi connectivity index (χ4v) is 1.84. The number of rotatable bonds is 7. The Balaban J connectivity index is 2.79. The van der Waals surface area contributed by atoms with Crippen LogP contribution in [0.3, 0.4) is 0 Å². The lowest BCUT2D eigenvalue weighted by Gasteiger charge is -2.07. The fraction of sp³-hybridized carbons (Fsp3) is 0.273. The van der Waals surface area contributed by atoms with E-state index in [0.29, 0.717) is 0 Å². The van der Waals surface area contributed by atoms with Crippen molar-refractivity contribution in [2.75, 3.05) is 12.4 Å². The summed E-state index contributed by atoms with van der Waals surface area (Å²) in [6.45, 7) is -0.109. The molecule has 8 nitrogen and oxygen atoms in total. The number of aromatic carboxylic acids is 2. The van der Waals surface area contributed by atoms with Crippen LogP contribution in [-0.4, -0.2) is 47.5 Å². The Morgan fingerprint density at radius 3 is 1.95 bits per heavy atom. The van der Waals surface area contributed by atoms with Gasteiger partial charge in [0.05, 0.1) is 23.5 Å². The molecule has 1 rings (SSSR count). The van der Waals surface area contributed by atoms with Crippen LogP contribution in [0, 0.1) is 0 Å². The van der Waals surface area contributed by atoms with Gasteiger partial charge in [0, 0.05) is 0 Å². The van der Waals surface area contributed by atoms with Gasteiger partial charge in [0.15, 0.2) is 0 Å². The molecule has 9 heteroatoms. The number of carboxylic acid groups (broad SMARTS) is 2. The van der Waals surface area contributed by atoms with Gasteiger partial charge in [-0.15, -0.1) is 0 Å². The van der Waals surface area contributed by atoms with E-state index in [-0.39, 0.29) is 29.9 Å². The highest BCUT2D eigenvalue weighted by atomic mass is 32.2. The van der Waals surface area contributed by atoms with Crippen LogP contribution in [0.2, 0.25) is 0 Å². The molecule has 0 amide bonds. The Kier molecular flexibility index (Phi) is 5.06. The molecule has 0 aliphatic carbocycles. The fourth-order valence-electron chi connectivity index (χ4n) is 1.36. The van der Waals surface area contributed by atoms with Crippen LogP contribution >= 0.6 is 0 Å². The molecule has 0 aromatic heterocycles. The largest absolute Gasteiger partial charge is 0.494 e. The molecule has 0 spiro atoms. The van der Waals surface area contributed by atoms with Crippen molar-refractivity contribution in [2.45, 2.75) is 6.42 Å². The maximum absolute atomic E-state index is 10.8. The van der Waals surface area contributed by atoms with Crippen LogP contribution in [0.5, 0.6) is 5.75 Å². The maximum atomic E-state index is 10.8. The molecule has 3 N–H and O–H groups in total. The molecule has 1 aromatic carbocycles. The summed E-state index contributed by atoms with van der Waals surface area (Å²) < 4.78 is 34.5. The first-order chi connectivity index (χ1) is 9.19. The van der Waals surface area contributed by atoms with E-state index in [0.717, 1.165) is 18.2 Å². The molecule has 0 saturated carbocycles. The van der Waals surface area contributed by atoms with Crippen molar-refractivity contribution in [1.82, 2.24) is 0 Å². The monoisotopic (exact) mass is 304 g/mol. The van der Waals surface area contributed by atoms with Crippen LogP contribution in [0.1, 0.15) is 27.1 Å². The van der Waals surface area contributed by atoms with Crippen molar-refractivity contribution in [1.29, 1.82) is 0 Å². The Hall–Kier alpha value is -2.13. The summed E-state index contributed by atoms with van der Waals surface area (Å²) in [5, 5.41) is 17.7. The third kappa shape index (κ3) is 5.24. The third-order valence-electron chi connectivity index (χ3n) is 2.22. The second-order valence-electron chi connectivity index (χ2n) is 3.84. The molecule has 20 heavy (non-hydrogen) atoms. The molecule has 1 aromatic rings. The van der Waals surface area contributed by atoms with Gasteiger partial charge < -0.3 is 14.9 Å². The summed E-state index contributed by atoms with van der Waals surface area (Å²) in [5.74, 6) is -3.12. The summed E-state index contributed by atoms with van der Waals surface area (Å²) in [5.41, 5.74) is -0.510. The standard InChI is InChI=1S/C11H12O8S/c12-10(13)7-4-8(11(14)15)6-9(5-7)19-2-1-3-20(16,17)18/h4-6H,1-3H2,(H,12,13)(H,14,15)(H,16,17,18). The van der Waals surface area contributed by atoms with Crippen LogP contribution in [0.4, 0.5) is 0 Å². The molecule has 0 fully saturated rings. The molecule has 0 aliphatic heterocycles. The smallest absolute Gasteiger partial charge is 0.335 e. The lowest BCUT2D eigenvalue weighted by Crippen LogP contribution is -2.09. The summed E-state index contributed by atoms with van der Waals surface area (Å²) in [6.07, 6.45) is -0.0153. The van der Waals surface area contributed by atoms with Gasteiger partial charge in [0.2, 0.25) is 0 Å². The van der Waals surface area contributed by atoms with E-state index >= 15 is 0 Å². The van der Waals surface area contributed by atoms with Gasteiger partial charge in [0.25, 0.3) is 10.1 Å². The molecule has 0 bridgehead atoms. The van der Waals surface area contributed by atoms with E-state index in [1.165, 1.54) is 0 Å². The van der Waals surface area contributed by atoms with Gasteiger partial charge in [0.1, 0.15) is 5.75 Å². The Labute approximate surface area is 114 Å². The minimum Gasteiger partial charge on any atom is -0.494 e. The second kappa shape index (κ2) is 6.35. The first kappa shape index (κ1) is 15.9. The topological polar surface area (TPSA) is 138 Å². The maximum Gasteiger partial charge on any atom is 0.335 e. The summed E-state index contributed by atoms with van der Waals surface area (Å²) in [7, 11) is -4.09. The highest BCUT2D eigenvalue weighted by Crippen LogP contribution is 2.18. The lowest BCUT2D eigenvalue weighted by molar-refractivity contribution is 0.0696. The average molecular weight is 304 g/mol. The lowest BCUT2D eigenvalue weighted by atomic mass is 10.1. The Morgan fingerprint density at radius 1 is 1.05 bits per heavy atom. The third-order valence-corrected chi connectivity index (χ3v) is 3.02. The van der Waals surface area contributed by atoms with Gasteiger partial charge in [-0.25, -0.2) is 9.59 Å². The second-order valence-corrected chi connectivity index (χ2v) is 5.42. The molecule has 0 atom stereocenters. The zero-order valence-corrected chi connectivity index (χ0v) is 11.0. The van der Waals surface area contributed by atoms with E-state index in [4.69, 9.17) is 19.5 Å². The van der Waals surface area contributed by atoms with E-state index in [1.54, 1.807) is 0 Å². The molecule has 110 valence electrons. The van der Waals surface area contributed by atoms with E-state index in [2.05, 4.69) is 0 Å². The van der Waals surface area contributed by atoms with E-state index in [9.17, 15) is 18.0 Å². The van der Waals surface area contributed by atoms with E-state index in [1.807, 2.05) is 0 Å². The molecule has 0 radical (unpaired) electrons. The minimum atomic E-state index is -4.09. The number of carbonyl (C=O) groups is 2. The summed E-state index contributed by atoms with van der Waals surface area (Å²) in [4.78, 5) is 21.7. The summed E-state index contributed by atoms with van der Waals surface area (Å²) in [6, 6.07) is 3.24. The van der Waals surface area contributed by atoms with E-state index < -0.39 is 27.8 Å². The van der Waals surface area contributed by atoms with Crippen LogP contribution in [0.25, 0.3) is 0 Å². The predicted molar refractivity (Wildman–Crippen MR) is 66.9 cm³/mol.